The number of aromatic nitrogens is 2. The van der Waals surface area contributed by atoms with E-state index in [-0.39, 0.29) is 34.6 Å². The Morgan fingerprint density at radius 3 is 2.40 bits per heavy atom. The molecule has 0 unspecified atom stereocenters. The lowest BCUT2D eigenvalue weighted by Gasteiger charge is -2.27. The number of hydrogen-bond acceptors (Lipinski definition) is 7. The molecule has 1 fully saturated rings. The van der Waals surface area contributed by atoms with Crippen LogP contribution in [0.3, 0.4) is 0 Å². The van der Waals surface area contributed by atoms with Crippen molar-refractivity contribution in [3.63, 3.8) is 0 Å². The number of ether oxygens (including phenoxy) is 2. The zero-order chi connectivity index (χ0) is 25.8. The highest BCUT2D eigenvalue weighted by Crippen LogP contribution is 2.29. The van der Waals surface area contributed by atoms with E-state index in [1.54, 1.807) is 43.1 Å². The standard InChI is InChI=1S/C24H33N5O5S/c1-24(2,3)20-13-18(27(4)26-20)23(32)29-11-7-10-28(29)22(31)15-35-14-21(30)25-17-12-16(33-5)8-9-19(17)34-6/h8-9,12-13H,7,10-11,14-15H2,1-6H3,(H,25,30). The quantitative estimate of drug-likeness (QED) is 0.590. The molecule has 3 rings (SSSR count). The van der Waals surface area contributed by atoms with Gasteiger partial charge in [-0.05, 0) is 24.6 Å². The maximum absolute atomic E-state index is 13.2. The highest BCUT2D eigenvalue weighted by molar-refractivity contribution is 8.00. The molecule has 1 aromatic carbocycles. The van der Waals surface area contributed by atoms with Crippen molar-refractivity contribution in [3.05, 3.63) is 35.7 Å². The van der Waals surface area contributed by atoms with E-state index in [9.17, 15) is 14.4 Å². The molecule has 35 heavy (non-hydrogen) atoms. The molecule has 3 amide bonds. The van der Waals surface area contributed by atoms with Crippen LogP contribution in [0.2, 0.25) is 0 Å². The van der Waals surface area contributed by atoms with Crippen LogP contribution < -0.4 is 14.8 Å². The molecule has 0 radical (unpaired) electrons. The lowest BCUT2D eigenvalue weighted by atomic mass is 9.92. The van der Waals surface area contributed by atoms with Crippen LogP contribution in [0.15, 0.2) is 24.3 Å². The zero-order valence-corrected chi connectivity index (χ0v) is 21.9. The molecular weight excluding hydrogens is 470 g/mol. The minimum Gasteiger partial charge on any atom is -0.497 e. The maximum atomic E-state index is 13.2. The van der Waals surface area contributed by atoms with Gasteiger partial charge in [-0.3, -0.25) is 24.1 Å². The maximum Gasteiger partial charge on any atom is 0.290 e. The second-order valence-corrected chi connectivity index (χ2v) is 10.2. The van der Waals surface area contributed by atoms with Crippen LogP contribution in [0.1, 0.15) is 43.4 Å². The van der Waals surface area contributed by atoms with Gasteiger partial charge in [0.2, 0.25) is 5.91 Å². The summed E-state index contributed by atoms with van der Waals surface area (Å²) < 4.78 is 12.0. The number of anilines is 1. The fourth-order valence-electron chi connectivity index (χ4n) is 3.65. The number of hydrogen-bond donors (Lipinski definition) is 1. The third-order valence-electron chi connectivity index (χ3n) is 5.56. The van der Waals surface area contributed by atoms with Crippen molar-refractivity contribution in [2.24, 2.45) is 7.05 Å². The fraction of sp³-hybridized carbons (Fsp3) is 0.500. The molecule has 1 saturated heterocycles. The number of rotatable bonds is 8. The van der Waals surface area contributed by atoms with Gasteiger partial charge in [0.25, 0.3) is 11.8 Å². The van der Waals surface area contributed by atoms with Gasteiger partial charge >= 0.3 is 0 Å². The number of methoxy groups -OCH3 is 2. The Hall–Kier alpha value is -3.21. The molecule has 11 heteroatoms. The van der Waals surface area contributed by atoms with Gasteiger partial charge in [-0.2, -0.15) is 5.10 Å². The van der Waals surface area contributed by atoms with Crippen molar-refractivity contribution in [2.75, 3.05) is 44.1 Å². The summed E-state index contributed by atoms with van der Waals surface area (Å²) in [5.74, 6) is 0.505. The van der Waals surface area contributed by atoms with Crippen molar-refractivity contribution < 1.29 is 23.9 Å². The Labute approximate surface area is 209 Å². The summed E-state index contributed by atoms with van der Waals surface area (Å²) in [4.78, 5) is 38.5. The fourth-order valence-corrected chi connectivity index (χ4v) is 4.34. The number of amides is 3. The number of thioether (sulfide) groups is 1. The molecule has 0 atom stereocenters. The van der Waals surface area contributed by atoms with E-state index in [0.29, 0.717) is 42.4 Å². The summed E-state index contributed by atoms with van der Waals surface area (Å²) in [5, 5.41) is 10.2. The number of hydrazine groups is 1. The Kier molecular flexibility index (Phi) is 8.31. The van der Waals surface area contributed by atoms with Crippen molar-refractivity contribution in [3.8, 4) is 11.5 Å². The average Bonchev–Trinajstić information content (AvgIpc) is 3.45. The van der Waals surface area contributed by atoms with E-state index < -0.39 is 0 Å². The Balaban J connectivity index is 1.57. The first kappa shape index (κ1) is 26.4. The van der Waals surface area contributed by atoms with Crippen LogP contribution in [0.4, 0.5) is 5.69 Å². The first-order chi connectivity index (χ1) is 16.5. The number of nitrogens with zero attached hydrogens (tertiary/aromatic N) is 4. The van der Waals surface area contributed by atoms with E-state index in [0.717, 1.165) is 5.69 Å². The number of nitrogens with one attached hydrogen (secondary N) is 1. The molecule has 1 aliphatic heterocycles. The van der Waals surface area contributed by atoms with Crippen LogP contribution >= 0.6 is 11.8 Å². The third-order valence-corrected chi connectivity index (χ3v) is 6.48. The molecule has 1 aromatic heterocycles. The highest BCUT2D eigenvalue weighted by Gasteiger charge is 2.33. The zero-order valence-electron chi connectivity index (χ0n) is 21.1. The molecule has 0 saturated carbocycles. The van der Waals surface area contributed by atoms with Gasteiger partial charge in [0.05, 0.1) is 37.1 Å². The molecule has 190 valence electrons. The van der Waals surface area contributed by atoms with Crippen LogP contribution in [0.25, 0.3) is 0 Å². The number of aryl methyl sites for hydroxylation is 1. The van der Waals surface area contributed by atoms with Gasteiger partial charge in [0.1, 0.15) is 17.2 Å². The number of carbonyl (C=O) groups excluding carboxylic acids is 3. The van der Waals surface area contributed by atoms with Crippen LogP contribution in [0, 0.1) is 0 Å². The smallest absolute Gasteiger partial charge is 0.290 e. The van der Waals surface area contributed by atoms with Gasteiger partial charge in [-0.15, -0.1) is 11.8 Å². The molecule has 2 heterocycles. The molecule has 0 aliphatic carbocycles. The minimum absolute atomic E-state index is 0.0740. The van der Waals surface area contributed by atoms with Gasteiger partial charge in [-0.1, -0.05) is 20.8 Å². The number of benzene rings is 1. The van der Waals surface area contributed by atoms with E-state index in [4.69, 9.17) is 9.47 Å². The van der Waals surface area contributed by atoms with Crippen molar-refractivity contribution in [2.45, 2.75) is 32.6 Å². The van der Waals surface area contributed by atoms with Crippen LogP contribution in [-0.2, 0) is 22.1 Å². The summed E-state index contributed by atoms with van der Waals surface area (Å²) in [6.07, 6.45) is 0.697. The minimum atomic E-state index is -0.270. The lowest BCUT2D eigenvalue weighted by molar-refractivity contribution is -0.137. The van der Waals surface area contributed by atoms with E-state index >= 15 is 0 Å². The molecule has 1 aliphatic rings. The summed E-state index contributed by atoms with van der Waals surface area (Å²) in [7, 11) is 4.79. The molecular formula is C24H33N5O5S. The van der Waals surface area contributed by atoms with E-state index in [2.05, 4.69) is 10.4 Å². The summed E-state index contributed by atoms with van der Waals surface area (Å²) >= 11 is 1.19. The predicted octanol–water partition coefficient (Wildman–Crippen LogP) is 2.70. The summed E-state index contributed by atoms with van der Waals surface area (Å²) in [5.41, 5.74) is 1.55. The SMILES string of the molecule is COc1ccc(OC)c(NC(=O)CSCC(=O)N2CCCN2C(=O)c2cc(C(C)(C)C)nn2C)c1. The second kappa shape index (κ2) is 11.0. The molecule has 10 nitrogen and oxygen atoms in total. The van der Waals surface area contributed by atoms with Gasteiger partial charge in [-0.25, -0.2) is 5.01 Å². The van der Waals surface area contributed by atoms with E-state index in [1.807, 2.05) is 20.8 Å². The molecule has 1 N–H and O–H groups in total. The Morgan fingerprint density at radius 2 is 1.77 bits per heavy atom. The second-order valence-electron chi connectivity index (χ2n) is 9.19. The van der Waals surface area contributed by atoms with Crippen molar-refractivity contribution in [1.29, 1.82) is 0 Å². The van der Waals surface area contributed by atoms with Gasteiger partial charge < -0.3 is 14.8 Å². The van der Waals surface area contributed by atoms with Crippen LogP contribution in [-0.4, -0.2) is 76.3 Å². The largest absolute Gasteiger partial charge is 0.497 e. The lowest BCUT2D eigenvalue weighted by Crippen LogP contribution is -2.46. The normalized spacial score (nSPS) is 13.7. The van der Waals surface area contributed by atoms with E-state index in [1.165, 1.54) is 28.9 Å². The van der Waals surface area contributed by atoms with Crippen molar-refractivity contribution in [1.82, 2.24) is 19.8 Å². The van der Waals surface area contributed by atoms with Gasteiger partial charge in [0.15, 0.2) is 0 Å². The van der Waals surface area contributed by atoms with Gasteiger partial charge in [0, 0.05) is 31.6 Å². The average molecular weight is 504 g/mol. The highest BCUT2D eigenvalue weighted by atomic mass is 32.2. The first-order valence-electron chi connectivity index (χ1n) is 11.3. The Bertz CT molecular complexity index is 1090. The topological polar surface area (TPSA) is 106 Å². The first-order valence-corrected chi connectivity index (χ1v) is 12.5. The Morgan fingerprint density at radius 1 is 1.06 bits per heavy atom. The molecule has 2 aromatic rings. The monoisotopic (exact) mass is 503 g/mol. The predicted molar refractivity (Wildman–Crippen MR) is 135 cm³/mol. The number of carbonyl (C=O) groups is 3. The van der Waals surface area contributed by atoms with Crippen molar-refractivity contribution >= 4 is 35.2 Å². The third kappa shape index (κ3) is 6.27. The summed E-state index contributed by atoms with van der Waals surface area (Å²) in [6, 6.07) is 6.90. The summed E-state index contributed by atoms with van der Waals surface area (Å²) in [6.45, 7) is 7.02. The molecule has 0 bridgehead atoms. The van der Waals surface area contributed by atoms with Crippen LogP contribution in [0.5, 0.6) is 11.5 Å². The molecule has 0 spiro atoms.